The number of rotatable bonds is 0. The molecule has 2 heterocycles. The minimum absolute atomic E-state index is 0.0475. The highest BCUT2D eigenvalue weighted by Crippen LogP contribution is 2.35. The van der Waals surface area contributed by atoms with Gasteiger partial charge in [0, 0.05) is 16.3 Å². The first-order valence-electron chi connectivity index (χ1n) is 5.64. The highest BCUT2D eigenvalue weighted by atomic mass is 16.2. The molecule has 17 heavy (non-hydrogen) atoms. The number of anilines is 1. The van der Waals surface area contributed by atoms with Crippen molar-refractivity contribution >= 4 is 33.4 Å². The first-order valence-corrected chi connectivity index (χ1v) is 5.64. The molecule has 0 saturated carbocycles. The third kappa shape index (κ3) is 1.03. The number of nitrogens with one attached hydrogen (secondary N) is 1. The van der Waals surface area contributed by atoms with Crippen LogP contribution in [-0.4, -0.2) is 10.5 Å². The molecule has 1 aliphatic heterocycles. The van der Waals surface area contributed by atoms with Crippen LogP contribution in [0.4, 0.5) is 5.69 Å². The summed E-state index contributed by atoms with van der Waals surface area (Å²) in [4.78, 5) is 11.7. The molecule has 0 radical (unpaired) electrons. The average Bonchev–Trinajstić information content (AvgIpc) is 2.67. The molecule has 4 rings (SSSR count). The number of carbonyl (C=O) groups excluding carboxylic acids is 1. The smallest absolute Gasteiger partial charge is 0.244 e. The second-order valence-electron chi connectivity index (χ2n) is 4.35. The summed E-state index contributed by atoms with van der Waals surface area (Å²) in [6.45, 7) is 0.404. The van der Waals surface area contributed by atoms with Crippen LogP contribution >= 0.6 is 0 Å². The van der Waals surface area contributed by atoms with E-state index in [0.29, 0.717) is 6.54 Å². The number of hydrogen-bond donors (Lipinski definition) is 1. The van der Waals surface area contributed by atoms with Gasteiger partial charge in [-0.25, -0.2) is 0 Å². The zero-order valence-corrected chi connectivity index (χ0v) is 9.10. The van der Waals surface area contributed by atoms with Crippen LogP contribution in [0.3, 0.4) is 0 Å². The van der Waals surface area contributed by atoms with Gasteiger partial charge in [-0.3, -0.25) is 4.79 Å². The topological polar surface area (TPSA) is 34.0 Å². The molecule has 0 bridgehead atoms. The third-order valence-electron chi connectivity index (χ3n) is 3.37. The lowest BCUT2D eigenvalue weighted by atomic mass is 10.1. The van der Waals surface area contributed by atoms with E-state index < -0.39 is 0 Å². The number of benzene rings is 2. The van der Waals surface area contributed by atoms with Gasteiger partial charge in [-0.1, -0.05) is 30.3 Å². The Morgan fingerprint density at radius 1 is 1.00 bits per heavy atom. The molecule has 0 aliphatic carbocycles. The van der Waals surface area contributed by atoms with Crippen LogP contribution in [0, 0.1) is 0 Å². The maximum absolute atomic E-state index is 11.7. The summed E-state index contributed by atoms with van der Waals surface area (Å²) in [5, 5.41) is 5.34. The van der Waals surface area contributed by atoms with Crippen molar-refractivity contribution in [3.8, 4) is 0 Å². The van der Waals surface area contributed by atoms with E-state index in [1.807, 2.05) is 24.3 Å². The van der Waals surface area contributed by atoms with E-state index in [1.54, 1.807) is 0 Å². The van der Waals surface area contributed by atoms with E-state index in [4.69, 9.17) is 0 Å². The van der Waals surface area contributed by atoms with Crippen LogP contribution in [0.5, 0.6) is 0 Å². The van der Waals surface area contributed by atoms with Crippen molar-refractivity contribution in [3.05, 3.63) is 42.5 Å². The van der Waals surface area contributed by atoms with Crippen LogP contribution < -0.4 is 5.32 Å². The lowest BCUT2D eigenvalue weighted by molar-refractivity contribution is -0.116. The third-order valence-corrected chi connectivity index (χ3v) is 3.37. The summed E-state index contributed by atoms with van der Waals surface area (Å²) in [7, 11) is 0. The van der Waals surface area contributed by atoms with Crippen molar-refractivity contribution < 1.29 is 4.79 Å². The summed E-state index contributed by atoms with van der Waals surface area (Å²) >= 11 is 0. The summed E-state index contributed by atoms with van der Waals surface area (Å²) < 4.78 is 2.10. The average molecular weight is 222 g/mol. The Bertz CT molecular complexity index is 770. The minimum atomic E-state index is 0.0475. The fraction of sp³-hybridized carbons (Fsp3) is 0.0714. The molecular formula is C14H10N2O. The largest absolute Gasteiger partial charge is 0.329 e. The maximum atomic E-state index is 11.7. The van der Waals surface area contributed by atoms with E-state index in [2.05, 4.69) is 28.1 Å². The monoisotopic (exact) mass is 222 g/mol. The molecule has 0 unspecified atom stereocenters. The van der Waals surface area contributed by atoms with E-state index in [0.717, 1.165) is 16.7 Å². The quantitative estimate of drug-likeness (QED) is 0.623. The Morgan fingerprint density at radius 2 is 1.82 bits per heavy atom. The Hall–Kier alpha value is -2.29. The van der Waals surface area contributed by atoms with Gasteiger partial charge in [-0.05, 0) is 12.1 Å². The molecule has 1 N–H and O–H groups in total. The zero-order chi connectivity index (χ0) is 11.4. The maximum Gasteiger partial charge on any atom is 0.244 e. The first kappa shape index (κ1) is 8.82. The van der Waals surface area contributed by atoms with Crippen molar-refractivity contribution in [2.75, 3.05) is 5.32 Å². The number of aromatic nitrogens is 1. The molecule has 1 aromatic heterocycles. The Kier molecular flexibility index (Phi) is 1.50. The lowest BCUT2D eigenvalue weighted by Crippen LogP contribution is -2.23. The molecule has 3 aromatic rings. The van der Waals surface area contributed by atoms with Crippen molar-refractivity contribution in [2.45, 2.75) is 6.54 Å². The van der Waals surface area contributed by atoms with Crippen molar-refractivity contribution in [1.29, 1.82) is 0 Å². The highest BCUT2D eigenvalue weighted by Gasteiger charge is 2.20. The Balaban J connectivity index is 2.32. The summed E-state index contributed by atoms with van der Waals surface area (Å²) in [6, 6.07) is 14.3. The second-order valence-corrected chi connectivity index (χ2v) is 4.35. The zero-order valence-electron chi connectivity index (χ0n) is 9.10. The standard InChI is InChI=1S/C14H10N2O/c17-13-8-16-12-7-2-1-4-9(12)10-5-3-6-11(15-13)14(10)16/h1-7H,8H2,(H,15,17). The molecule has 1 amide bonds. The molecule has 3 heteroatoms. The van der Waals surface area contributed by atoms with Crippen molar-refractivity contribution in [2.24, 2.45) is 0 Å². The SMILES string of the molecule is O=C1Cn2c3ccccc3c3cccc(c32)N1. The van der Waals surface area contributed by atoms with E-state index in [1.165, 1.54) is 10.8 Å². The number of fused-ring (bicyclic) bond motifs is 3. The molecule has 82 valence electrons. The van der Waals surface area contributed by atoms with Gasteiger partial charge in [0.2, 0.25) is 5.91 Å². The van der Waals surface area contributed by atoms with Crippen LogP contribution in [0.25, 0.3) is 21.8 Å². The first-order chi connectivity index (χ1) is 8.34. The van der Waals surface area contributed by atoms with Crippen LogP contribution in [-0.2, 0) is 11.3 Å². The van der Waals surface area contributed by atoms with Crippen molar-refractivity contribution in [3.63, 3.8) is 0 Å². The molecule has 0 fully saturated rings. The van der Waals surface area contributed by atoms with Gasteiger partial charge >= 0.3 is 0 Å². The van der Waals surface area contributed by atoms with Gasteiger partial charge in [-0.2, -0.15) is 0 Å². The Morgan fingerprint density at radius 3 is 2.76 bits per heavy atom. The van der Waals surface area contributed by atoms with Crippen molar-refractivity contribution in [1.82, 2.24) is 4.57 Å². The Labute approximate surface area is 97.6 Å². The van der Waals surface area contributed by atoms with Gasteiger partial charge in [0.25, 0.3) is 0 Å². The predicted octanol–water partition coefficient (Wildman–Crippen LogP) is 2.75. The summed E-state index contributed by atoms with van der Waals surface area (Å²) in [6.07, 6.45) is 0. The van der Waals surface area contributed by atoms with E-state index in [-0.39, 0.29) is 5.91 Å². The van der Waals surface area contributed by atoms with Gasteiger partial charge in [0.05, 0.1) is 11.2 Å². The van der Waals surface area contributed by atoms with Gasteiger partial charge < -0.3 is 9.88 Å². The predicted molar refractivity (Wildman–Crippen MR) is 68.1 cm³/mol. The highest BCUT2D eigenvalue weighted by molar-refractivity contribution is 6.16. The molecule has 0 spiro atoms. The van der Waals surface area contributed by atoms with Crippen LogP contribution in [0.15, 0.2) is 42.5 Å². The summed E-state index contributed by atoms with van der Waals surface area (Å²) in [5.74, 6) is 0.0475. The molecule has 0 saturated heterocycles. The number of amides is 1. The molecule has 0 atom stereocenters. The van der Waals surface area contributed by atoms with E-state index >= 15 is 0 Å². The fourth-order valence-corrected chi connectivity index (χ4v) is 2.71. The van der Waals surface area contributed by atoms with Crippen LogP contribution in [0.1, 0.15) is 0 Å². The molecular weight excluding hydrogens is 212 g/mol. The lowest BCUT2D eigenvalue weighted by Gasteiger charge is -2.16. The summed E-state index contributed by atoms with van der Waals surface area (Å²) in [5.41, 5.74) is 3.17. The number of para-hydroxylation sites is 2. The van der Waals surface area contributed by atoms with E-state index in [9.17, 15) is 4.79 Å². The normalized spacial score (nSPS) is 14.2. The van der Waals surface area contributed by atoms with Gasteiger partial charge in [0.1, 0.15) is 6.54 Å². The molecule has 3 nitrogen and oxygen atoms in total. The minimum Gasteiger partial charge on any atom is -0.329 e. The van der Waals surface area contributed by atoms with Gasteiger partial charge in [0.15, 0.2) is 0 Å². The second kappa shape index (κ2) is 2.88. The molecule has 2 aromatic carbocycles. The number of hydrogen-bond acceptors (Lipinski definition) is 1. The van der Waals surface area contributed by atoms with Crippen LogP contribution in [0.2, 0.25) is 0 Å². The van der Waals surface area contributed by atoms with Gasteiger partial charge in [-0.15, -0.1) is 0 Å². The molecule has 1 aliphatic rings. The fourth-order valence-electron chi connectivity index (χ4n) is 2.71. The number of carbonyl (C=O) groups is 1. The number of nitrogens with zero attached hydrogens (tertiary/aromatic N) is 1.